The maximum atomic E-state index is 15.4. The molecule has 0 heterocycles. The summed E-state index contributed by atoms with van der Waals surface area (Å²) >= 11 is 0. The number of primary amides is 2. The molecule has 6 unspecified atom stereocenters. The van der Waals surface area contributed by atoms with Crippen LogP contribution in [0.25, 0.3) is 0 Å². The highest BCUT2D eigenvalue weighted by Crippen LogP contribution is 2.37. The van der Waals surface area contributed by atoms with E-state index in [9.17, 15) is 62.5 Å². The molecule has 0 aromatic heterocycles. The number of aryl methyl sites for hydroxylation is 2. The van der Waals surface area contributed by atoms with Gasteiger partial charge in [-0.3, -0.25) is 73.8 Å². The van der Waals surface area contributed by atoms with Crippen LogP contribution in [0.4, 0.5) is 21.5 Å². The molecule has 628 valence electrons. The number of carboxylic acid groups (broad SMARTS) is 2. The first-order chi connectivity index (χ1) is 55.1. The number of benzene rings is 5. The third-order valence-corrected chi connectivity index (χ3v) is 17.8. The zero-order valence-corrected chi connectivity index (χ0v) is 65.6. The van der Waals surface area contributed by atoms with Gasteiger partial charge in [0.1, 0.15) is 59.9 Å². The lowest BCUT2D eigenvalue weighted by atomic mass is 9.99. The van der Waals surface area contributed by atoms with Gasteiger partial charge in [0.25, 0.3) is 17.7 Å². The van der Waals surface area contributed by atoms with Crippen molar-refractivity contribution in [3.05, 3.63) is 142 Å². The Bertz CT molecular complexity index is 4280. The number of Topliss-reactive ketones (excluding diaryl/α,β-unsaturated/α-hetero) is 1. The first kappa shape index (κ1) is 93.5. The van der Waals surface area contributed by atoms with Crippen molar-refractivity contribution in [2.45, 2.75) is 180 Å². The molecule has 0 bridgehead atoms. The normalized spacial score (nSPS) is 12.4. The Morgan fingerprint density at radius 1 is 0.491 bits per heavy atom. The van der Waals surface area contributed by atoms with Gasteiger partial charge in [0.05, 0.1) is 42.7 Å². The maximum absolute atomic E-state index is 15.4. The van der Waals surface area contributed by atoms with E-state index in [0.29, 0.717) is 55.2 Å². The van der Waals surface area contributed by atoms with Crippen LogP contribution in [-0.4, -0.2) is 168 Å². The van der Waals surface area contributed by atoms with Crippen LogP contribution >= 0.6 is 0 Å². The highest BCUT2D eigenvalue weighted by atomic mass is 19.1. The van der Waals surface area contributed by atoms with E-state index in [1.807, 2.05) is 20.8 Å². The van der Waals surface area contributed by atoms with Gasteiger partial charge in [-0.05, 0) is 167 Å². The molecule has 0 saturated carbocycles. The molecule has 0 spiro atoms. The van der Waals surface area contributed by atoms with Gasteiger partial charge in [0, 0.05) is 55.6 Å². The summed E-state index contributed by atoms with van der Waals surface area (Å²) in [5.41, 5.74) is 29.8. The second-order valence-corrected chi connectivity index (χ2v) is 27.9. The number of halogens is 1. The topological polar surface area (TPSA) is 607 Å². The molecule has 37 heteroatoms. The second kappa shape index (κ2) is 48.1. The lowest BCUT2D eigenvalue weighted by Gasteiger charge is -2.25. The maximum Gasteiger partial charge on any atom is 0.305 e. The van der Waals surface area contributed by atoms with Crippen molar-refractivity contribution in [2.24, 2.45) is 34.6 Å². The number of unbranched alkanes of at least 4 members (excludes halogenated alkanes) is 3. The molecule has 0 fully saturated rings. The third-order valence-electron chi connectivity index (χ3n) is 17.8. The highest BCUT2D eigenvalue weighted by molar-refractivity contribution is 6.10. The minimum atomic E-state index is -1.93. The van der Waals surface area contributed by atoms with Crippen LogP contribution in [0.3, 0.4) is 0 Å². The van der Waals surface area contributed by atoms with Gasteiger partial charge < -0.3 is 112 Å². The van der Waals surface area contributed by atoms with Gasteiger partial charge in [-0.15, -0.1) is 0 Å². The minimum absolute atomic E-state index is 0.00843. The van der Waals surface area contributed by atoms with E-state index in [4.69, 9.17) is 59.1 Å². The number of hydrogen-bond donors (Lipinski definition) is 21. The van der Waals surface area contributed by atoms with Crippen LogP contribution in [0.2, 0.25) is 0 Å². The highest BCUT2D eigenvalue weighted by Gasteiger charge is 2.34. The molecule has 9 amide bonds. The molecule has 0 radical (unpaired) electrons. The second-order valence-electron chi connectivity index (χ2n) is 27.9. The largest absolute Gasteiger partial charge is 0.491 e. The SMILES string of the molecule is CCCCOc1cc(C(=O)NC(CC(=O)O)C(=O)NC(CCC(=O)O)C(=O)NC(Cc2ccccc2)C(N)=O)cc(CCCCNC(=N)N)c1NC(=O)c1cc(CCCCNC(=N)N)c(NC(=O)c2ccc(NC(CCCNC(=N)N)C(=O)NC(CCC(N)=O)C(=O)NC(C)C(C)=O)c(OCc3ccc(F)cc3)c2)c(OCC(C)C)c1. The molecular weight excluding hydrogens is 1510 g/mol. The molecule has 0 aliphatic carbocycles. The fourth-order valence-corrected chi connectivity index (χ4v) is 11.4. The summed E-state index contributed by atoms with van der Waals surface area (Å²) in [4.78, 5) is 162. The van der Waals surface area contributed by atoms with Crippen molar-refractivity contribution in [1.82, 2.24) is 42.5 Å². The van der Waals surface area contributed by atoms with E-state index in [2.05, 4.69) is 58.5 Å². The first-order valence-electron chi connectivity index (χ1n) is 37.9. The fraction of sp³-hybridized carbons (Fsp3) is 0.430. The average molecular weight is 1610 g/mol. The van der Waals surface area contributed by atoms with E-state index in [1.54, 1.807) is 30.3 Å². The predicted octanol–water partition coefficient (Wildman–Crippen LogP) is 3.76. The monoisotopic (exact) mass is 1610 g/mol. The number of aliphatic carboxylic acids is 2. The zero-order chi connectivity index (χ0) is 85.6. The summed E-state index contributed by atoms with van der Waals surface area (Å²) in [5, 5.41) is 72.7. The third kappa shape index (κ3) is 33.3. The van der Waals surface area contributed by atoms with Gasteiger partial charge in [-0.2, -0.15) is 0 Å². The number of hydrogen-bond acceptors (Lipinski definition) is 19. The van der Waals surface area contributed by atoms with Crippen molar-refractivity contribution >= 4 is 106 Å². The van der Waals surface area contributed by atoms with Gasteiger partial charge in [0.15, 0.2) is 23.7 Å². The summed E-state index contributed by atoms with van der Waals surface area (Å²) in [5.74, 6) is -12.9. The average Bonchev–Trinajstić information content (AvgIpc) is 0.806. The standard InChI is InChI=1S/C79H108FN19O17/c1-6-7-34-114-62-39-52(71(108)97-60(41-66(104)105)76(113)95-58(28-30-65(102)103)75(112)96-59(69(82)106)35-47-16-9-8-10-17-47)36-49(18-11-13-31-89-77(83)84)67(62)99-72(109)53-37-50(19-12-14-32-90-78(85)86)68(63(40-53)115-42-44(2)3)98-70(107)51-23-26-55(61(38-51)116-43-48-21-24-54(80)25-22-48)93-56(20-15-33-91-79(87)88)74(111)94-57(27-29-64(81)101)73(110)92-45(4)46(5)100/h8-10,16-17,21-26,36-40,44-45,56-60,93H,6-7,11-15,18-20,27-35,41-43H2,1-5H3,(H2,81,101)(H2,82,106)(H,92,110)(H,94,111)(H,95,113)(H,96,112)(H,97,108)(H,98,107)(H,99,109)(H,102,103)(H,104,105)(H4,83,84,89)(H4,85,86,90)(H4,87,88,91). The number of ketones is 1. The van der Waals surface area contributed by atoms with Gasteiger partial charge in [-0.25, -0.2) is 4.39 Å². The number of carboxylic acids is 2. The summed E-state index contributed by atoms with van der Waals surface area (Å²) in [6.07, 6.45) is 0.159. The van der Waals surface area contributed by atoms with Crippen LogP contribution < -0.4 is 101 Å². The number of nitrogens with two attached hydrogens (primary N) is 5. The Hall–Kier alpha value is -13.1. The Balaban J connectivity index is 1.63. The number of anilines is 3. The number of rotatable bonds is 52. The number of carbonyl (C=O) groups excluding carboxylic acids is 10. The van der Waals surface area contributed by atoms with Crippen molar-refractivity contribution in [3.8, 4) is 17.2 Å². The summed E-state index contributed by atoms with van der Waals surface area (Å²) < 4.78 is 33.5. The number of ether oxygens (including phenoxy) is 3. The molecule has 0 aliphatic rings. The van der Waals surface area contributed by atoms with Crippen molar-refractivity contribution in [3.63, 3.8) is 0 Å². The van der Waals surface area contributed by atoms with Crippen molar-refractivity contribution < 1.29 is 86.3 Å². The summed E-state index contributed by atoms with van der Waals surface area (Å²) in [6, 6.07) is 15.2. The van der Waals surface area contributed by atoms with Crippen LogP contribution in [0.15, 0.2) is 97.1 Å². The van der Waals surface area contributed by atoms with Crippen LogP contribution in [-0.2, 0) is 69.0 Å². The Morgan fingerprint density at radius 3 is 1.53 bits per heavy atom. The van der Waals surface area contributed by atoms with Gasteiger partial charge >= 0.3 is 11.9 Å². The minimum Gasteiger partial charge on any atom is -0.491 e. The molecule has 0 aliphatic heterocycles. The molecule has 6 atom stereocenters. The lowest BCUT2D eigenvalue weighted by molar-refractivity contribution is -0.140. The lowest BCUT2D eigenvalue weighted by Crippen LogP contribution is -2.57. The van der Waals surface area contributed by atoms with Gasteiger partial charge in [0.2, 0.25) is 35.4 Å². The van der Waals surface area contributed by atoms with E-state index in [0.717, 1.165) is 0 Å². The van der Waals surface area contributed by atoms with Crippen molar-refractivity contribution in [1.29, 1.82) is 16.2 Å². The van der Waals surface area contributed by atoms with E-state index in [1.165, 1.54) is 80.6 Å². The quantitative estimate of drug-likeness (QED) is 0.0150. The van der Waals surface area contributed by atoms with Crippen LogP contribution in [0, 0.1) is 28.0 Å². The fourth-order valence-electron chi connectivity index (χ4n) is 11.4. The molecule has 5 aromatic rings. The van der Waals surface area contributed by atoms with Crippen molar-refractivity contribution in [2.75, 3.05) is 48.8 Å². The Labute approximate surface area is 670 Å². The molecule has 5 aromatic carbocycles. The first-order valence-corrected chi connectivity index (χ1v) is 37.9. The smallest absolute Gasteiger partial charge is 0.305 e. The number of guanidine groups is 3. The molecular formula is C79H108FN19O17. The van der Waals surface area contributed by atoms with Crippen LogP contribution in [0.5, 0.6) is 17.2 Å². The van der Waals surface area contributed by atoms with E-state index >= 15 is 9.59 Å². The number of carbonyl (C=O) groups is 12. The molecule has 116 heavy (non-hydrogen) atoms. The molecule has 26 N–H and O–H groups in total. The summed E-state index contributed by atoms with van der Waals surface area (Å²) in [7, 11) is 0. The summed E-state index contributed by atoms with van der Waals surface area (Å²) in [6.45, 7) is 8.85. The molecule has 36 nitrogen and oxygen atoms in total. The Morgan fingerprint density at radius 2 is 1.00 bits per heavy atom. The van der Waals surface area contributed by atoms with E-state index in [-0.39, 0.29) is 171 Å². The van der Waals surface area contributed by atoms with E-state index < -0.39 is 126 Å². The molecule has 0 saturated heterocycles. The Kier molecular flexibility index (Phi) is 38.7. The molecule has 5 rings (SSSR count). The van der Waals surface area contributed by atoms with Gasteiger partial charge in [-0.1, -0.05) is 69.7 Å². The number of nitrogens with one attached hydrogen (secondary N) is 14. The zero-order valence-electron chi connectivity index (χ0n) is 65.6. The number of amides is 9. The van der Waals surface area contributed by atoms with Crippen LogP contribution in [0.1, 0.15) is 171 Å². The predicted molar refractivity (Wildman–Crippen MR) is 431 cm³/mol.